The first-order valence-corrected chi connectivity index (χ1v) is 5.82. The van der Waals surface area contributed by atoms with Gasteiger partial charge in [0.15, 0.2) is 0 Å². The average molecular weight is 252 g/mol. The molecule has 0 amide bonds. The molecule has 2 aromatic heterocycles. The minimum atomic E-state index is 0.497. The first-order valence-electron chi connectivity index (χ1n) is 5.44. The summed E-state index contributed by atoms with van der Waals surface area (Å²) in [6.45, 7) is 3.68. The Morgan fingerprint density at radius 3 is 3.06 bits per heavy atom. The van der Waals surface area contributed by atoms with Gasteiger partial charge in [-0.3, -0.25) is 0 Å². The molecule has 0 aliphatic carbocycles. The number of anilines is 1. The Kier molecular flexibility index (Phi) is 3.93. The highest BCUT2D eigenvalue weighted by Gasteiger charge is 2.03. The number of nitrogens with one attached hydrogen (secondary N) is 1. The van der Waals surface area contributed by atoms with Gasteiger partial charge in [-0.1, -0.05) is 11.6 Å². The standard InChI is InChI=1S/C11H14ClN5/c1-9-10(12)15-7-16-11(9)14-3-2-5-17-6-4-13-8-17/h4,6-8H,2-3,5H2,1H3,(H,14,15,16). The number of nitrogens with zero attached hydrogens (tertiary/aromatic N) is 4. The van der Waals surface area contributed by atoms with E-state index < -0.39 is 0 Å². The number of hydrogen-bond acceptors (Lipinski definition) is 4. The van der Waals surface area contributed by atoms with Gasteiger partial charge >= 0.3 is 0 Å². The van der Waals surface area contributed by atoms with Crippen molar-refractivity contribution >= 4 is 17.4 Å². The maximum absolute atomic E-state index is 5.90. The second kappa shape index (κ2) is 5.63. The predicted octanol–water partition coefficient (Wildman–Crippen LogP) is 2.14. The van der Waals surface area contributed by atoms with Crippen LogP contribution in [0.3, 0.4) is 0 Å². The van der Waals surface area contributed by atoms with Crippen LogP contribution < -0.4 is 5.32 Å². The highest BCUT2D eigenvalue weighted by molar-refractivity contribution is 6.30. The molecular weight excluding hydrogens is 238 g/mol. The first-order chi connectivity index (χ1) is 8.27. The summed E-state index contributed by atoms with van der Waals surface area (Å²) in [5.41, 5.74) is 0.886. The van der Waals surface area contributed by atoms with E-state index in [9.17, 15) is 0 Å². The van der Waals surface area contributed by atoms with Crippen molar-refractivity contribution in [1.29, 1.82) is 0 Å². The maximum Gasteiger partial charge on any atom is 0.137 e. The Morgan fingerprint density at radius 1 is 1.41 bits per heavy atom. The van der Waals surface area contributed by atoms with Crippen LogP contribution in [0.15, 0.2) is 25.0 Å². The van der Waals surface area contributed by atoms with Gasteiger partial charge in [0.05, 0.1) is 6.33 Å². The summed E-state index contributed by atoms with van der Waals surface area (Å²) in [7, 11) is 0. The van der Waals surface area contributed by atoms with Gasteiger partial charge in [0.25, 0.3) is 0 Å². The fourth-order valence-corrected chi connectivity index (χ4v) is 1.63. The van der Waals surface area contributed by atoms with Crippen LogP contribution in [0.1, 0.15) is 12.0 Å². The molecule has 0 bridgehead atoms. The van der Waals surface area contributed by atoms with Crippen molar-refractivity contribution in [2.75, 3.05) is 11.9 Å². The Balaban J connectivity index is 1.80. The quantitative estimate of drug-likeness (QED) is 0.653. The molecule has 0 fully saturated rings. The minimum absolute atomic E-state index is 0.497. The third-order valence-corrected chi connectivity index (χ3v) is 2.85. The van der Waals surface area contributed by atoms with Crippen LogP contribution in [-0.2, 0) is 6.54 Å². The Labute approximate surface area is 105 Å². The van der Waals surface area contributed by atoms with E-state index in [2.05, 4.69) is 20.3 Å². The second-order valence-electron chi connectivity index (χ2n) is 3.72. The summed E-state index contributed by atoms with van der Waals surface area (Å²) in [4.78, 5) is 12.0. The molecule has 0 aliphatic rings. The molecule has 0 radical (unpaired) electrons. The normalized spacial score (nSPS) is 10.5. The SMILES string of the molecule is Cc1c(Cl)ncnc1NCCCn1ccnc1. The lowest BCUT2D eigenvalue weighted by molar-refractivity contribution is 0.660. The van der Waals surface area contributed by atoms with E-state index in [4.69, 9.17) is 11.6 Å². The smallest absolute Gasteiger partial charge is 0.137 e. The number of aryl methyl sites for hydroxylation is 1. The molecule has 2 rings (SSSR count). The number of rotatable bonds is 5. The molecule has 0 aliphatic heterocycles. The number of halogens is 1. The number of imidazole rings is 1. The molecule has 0 atom stereocenters. The van der Waals surface area contributed by atoms with Crippen molar-refractivity contribution in [3.8, 4) is 0 Å². The molecule has 0 saturated carbocycles. The van der Waals surface area contributed by atoms with Gasteiger partial charge in [-0.25, -0.2) is 15.0 Å². The lowest BCUT2D eigenvalue weighted by atomic mass is 10.3. The van der Waals surface area contributed by atoms with Crippen molar-refractivity contribution in [2.24, 2.45) is 0 Å². The van der Waals surface area contributed by atoms with Crippen molar-refractivity contribution in [2.45, 2.75) is 19.9 Å². The Hall–Kier alpha value is -1.62. The van der Waals surface area contributed by atoms with Crippen LogP contribution in [-0.4, -0.2) is 26.1 Å². The third kappa shape index (κ3) is 3.17. The van der Waals surface area contributed by atoms with E-state index in [1.807, 2.05) is 24.0 Å². The highest BCUT2D eigenvalue weighted by atomic mass is 35.5. The van der Waals surface area contributed by atoms with Gasteiger partial charge in [-0.15, -0.1) is 0 Å². The second-order valence-corrected chi connectivity index (χ2v) is 4.08. The molecule has 2 heterocycles. The van der Waals surface area contributed by atoms with Crippen LogP contribution in [0.25, 0.3) is 0 Å². The molecule has 0 aromatic carbocycles. The van der Waals surface area contributed by atoms with Gasteiger partial charge in [-0.2, -0.15) is 0 Å². The van der Waals surface area contributed by atoms with Gasteiger partial charge < -0.3 is 9.88 Å². The van der Waals surface area contributed by atoms with Crippen molar-refractivity contribution in [1.82, 2.24) is 19.5 Å². The molecule has 90 valence electrons. The molecule has 6 heteroatoms. The zero-order valence-corrected chi connectivity index (χ0v) is 10.4. The fourth-order valence-electron chi connectivity index (χ4n) is 1.49. The first kappa shape index (κ1) is 11.9. The topological polar surface area (TPSA) is 55.6 Å². The summed E-state index contributed by atoms with van der Waals surface area (Å²) < 4.78 is 2.04. The molecule has 17 heavy (non-hydrogen) atoms. The van der Waals surface area contributed by atoms with Gasteiger partial charge in [0, 0.05) is 31.0 Å². The van der Waals surface area contributed by atoms with Crippen molar-refractivity contribution in [3.05, 3.63) is 35.8 Å². The molecule has 2 aromatic rings. The van der Waals surface area contributed by atoms with Crippen molar-refractivity contribution < 1.29 is 0 Å². The van der Waals surface area contributed by atoms with Crippen molar-refractivity contribution in [3.63, 3.8) is 0 Å². The van der Waals surface area contributed by atoms with E-state index in [0.29, 0.717) is 5.15 Å². The lowest BCUT2D eigenvalue weighted by Crippen LogP contribution is -2.08. The summed E-state index contributed by atoms with van der Waals surface area (Å²) in [5.74, 6) is 0.802. The Bertz CT molecular complexity index is 469. The Morgan fingerprint density at radius 2 is 2.29 bits per heavy atom. The van der Waals surface area contributed by atoms with E-state index in [1.54, 1.807) is 6.20 Å². The van der Waals surface area contributed by atoms with Gasteiger partial charge in [0.1, 0.15) is 17.3 Å². The summed E-state index contributed by atoms with van der Waals surface area (Å²) in [6.07, 6.45) is 8.01. The average Bonchev–Trinajstić information content (AvgIpc) is 2.83. The molecule has 1 N–H and O–H groups in total. The predicted molar refractivity (Wildman–Crippen MR) is 67.1 cm³/mol. The molecule has 0 saturated heterocycles. The fraction of sp³-hybridized carbons (Fsp3) is 0.364. The van der Waals surface area contributed by atoms with E-state index in [1.165, 1.54) is 6.33 Å². The van der Waals surface area contributed by atoms with Crippen LogP contribution in [0, 0.1) is 6.92 Å². The minimum Gasteiger partial charge on any atom is -0.370 e. The molecule has 5 nitrogen and oxygen atoms in total. The summed E-state index contributed by atoms with van der Waals surface area (Å²) in [6, 6.07) is 0. The van der Waals surface area contributed by atoms with Crippen LogP contribution in [0.5, 0.6) is 0 Å². The van der Waals surface area contributed by atoms with Crippen LogP contribution in [0.4, 0.5) is 5.82 Å². The third-order valence-electron chi connectivity index (χ3n) is 2.47. The van der Waals surface area contributed by atoms with E-state index in [0.717, 1.165) is 30.9 Å². The van der Waals surface area contributed by atoms with E-state index in [-0.39, 0.29) is 0 Å². The summed E-state index contributed by atoms with van der Waals surface area (Å²) in [5, 5.41) is 3.74. The van der Waals surface area contributed by atoms with Gasteiger partial charge in [0.2, 0.25) is 0 Å². The van der Waals surface area contributed by atoms with Crippen LogP contribution >= 0.6 is 11.6 Å². The van der Waals surface area contributed by atoms with E-state index >= 15 is 0 Å². The number of aromatic nitrogens is 4. The lowest BCUT2D eigenvalue weighted by Gasteiger charge is -2.08. The monoisotopic (exact) mass is 251 g/mol. The summed E-state index contributed by atoms with van der Waals surface area (Å²) >= 11 is 5.90. The molecule has 0 spiro atoms. The zero-order chi connectivity index (χ0) is 12.1. The van der Waals surface area contributed by atoms with Crippen LogP contribution in [0.2, 0.25) is 5.15 Å². The zero-order valence-electron chi connectivity index (χ0n) is 9.60. The maximum atomic E-state index is 5.90. The van der Waals surface area contributed by atoms with Gasteiger partial charge in [-0.05, 0) is 13.3 Å². The molecular formula is C11H14ClN5. The number of hydrogen-bond donors (Lipinski definition) is 1. The largest absolute Gasteiger partial charge is 0.370 e. The highest BCUT2D eigenvalue weighted by Crippen LogP contribution is 2.17. The molecule has 0 unspecified atom stereocenters.